The van der Waals surface area contributed by atoms with Crippen LogP contribution in [-0.4, -0.2) is 29.0 Å². The quantitative estimate of drug-likeness (QED) is 0.907. The van der Waals surface area contributed by atoms with Gasteiger partial charge < -0.3 is 10.6 Å². The van der Waals surface area contributed by atoms with Crippen molar-refractivity contribution in [3.05, 3.63) is 40.4 Å². The molecule has 2 fully saturated rings. The van der Waals surface area contributed by atoms with E-state index in [1.165, 1.54) is 17.8 Å². The van der Waals surface area contributed by atoms with Crippen LogP contribution >= 0.6 is 22.9 Å². The van der Waals surface area contributed by atoms with Crippen LogP contribution in [0.4, 0.5) is 0 Å². The van der Waals surface area contributed by atoms with Gasteiger partial charge >= 0.3 is 0 Å². The first kappa shape index (κ1) is 14.2. The number of fused-ring (bicyclic) bond motifs is 2. The van der Waals surface area contributed by atoms with Crippen LogP contribution in [0.5, 0.6) is 0 Å². The molecule has 0 radical (unpaired) electrons. The lowest BCUT2D eigenvalue weighted by molar-refractivity contribution is 0.0935. The van der Waals surface area contributed by atoms with Crippen molar-refractivity contribution in [3.8, 4) is 10.6 Å². The van der Waals surface area contributed by atoms with E-state index in [4.69, 9.17) is 11.6 Å². The molecule has 114 valence electrons. The monoisotopic (exact) mass is 333 g/mol. The minimum Gasteiger partial charge on any atom is -0.347 e. The van der Waals surface area contributed by atoms with Gasteiger partial charge in [0.2, 0.25) is 0 Å². The Bertz CT molecular complexity index is 717. The third-order valence-electron chi connectivity index (χ3n) is 4.45. The average molecular weight is 334 g/mol. The second-order valence-corrected chi connectivity index (χ2v) is 7.31. The van der Waals surface area contributed by atoms with Crippen LogP contribution in [0.15, 0.2) is 30.5 Å². The number of halogens is 1. The van der Waals surface area contributed by atoms with Gasteiger partial charge in [-0.15, -0.1) is 11.3 Å². The Labute approximate surface area is 137 Å². The molecular weight excluding hydrogens is 318 g/mol. The first-order chi connectivity index (χ1) is 10.7. The lowest BCUT2D eigenvalue weighted by atomic mass is 9.95. The number of aromatic nitrogens is 1. The zero-order valence-corrected chi connectivity index (χ0v) is 13.5. The van der Waals surface area contributed by atoms with Crippen LogP contribution in [0.2, 0.25) is 5.02 Å². The largest absolute Gasteiger partial charge is 0.347 e. The lowest BCUT2D eigenvalue weighted by Crippen LogP contribution is -2.42. The Morgan fingerprint density at radius 2 is 2.23 bits per heavy atom. The van der Waals surface area contributed by atoms with E-state index in [-0.39, 0.29) is 11.9 Å². The van der Waals surface area contributed by atoms with E-state index in [0.29, 0.717) is 22.0 Å². The first-order valence-electron chi connectivity index (χ1n) is 7.48. The first-order valence-corrected chi connectivity index (χ1v) is 8.68. The van der Waals surface area contributed by atoms with Gasteiger partial charge in [0.05, 0.1) is 11.2 Å². The molecule has 2 aromatic rings. The highest BCUT2D eigenvalue weighted by Gasteiger charge is 2.39. The summed E-state index contributed by atoms with van der Waals surface area (Å²) < 4.78 is 0. The Kier molecular flexibility index (Phi) is 3.64. The molecule has 3 heterocycles. The van der Waals surface area contributed by atoms with Crippen molar-refractivity contribution in [2.45, 2.75) is 37.4 Å². The van der Waals surface area contributed by atoms with Crippen molar-refractivity contribution in [1.82, 2.24) is 15.6 Å². The van der Waals surface area contributed by atoms with Gasteiger partial charge in [-0.1, -0.05) is 29.8 Å². The molecule has 2 aliphatic rings. The fourth-order valence-electron chi connectivity index (χ4n) is 3.36. The van der Waals surface area contributed by atoms with Crippen molar-refractivity contribution in [3.63, 3.8) is 0 Å². The molecule has 3 atom stereocenters. The number of carbonyl (C=O) groups is 1. The summed E-state index contributed by atoms with van der Waals surface area (Å²) in [4.78, 5) is 17.4. The molecule has 22 heavy (non-hydrogen) atoms. The molecule has 2 aliphatic heterocycles. The van der Waals surface area contributed by atoms with Crippen molar-refractivity contribution >= 4 is 28.8 Å². The SMILES string of the molecule is O=C(N[C@@H]1C[C@H]2CC[C@@H]1N2)c1cnc(-c2ccccc2Cl)s1. The number of benzene rings is 1. The summed E-state index contributed by atoms with van der Waals surface area (Å²) in [6.45, 7) is 0. The number of amides is 1. The fraction of sp³-hybridized carbons (Fsp3) is 0.375. The highest BCUT2D eigenvalue weighted by molar-refractivity contribution is 7.17. The summed E-state index contributed by atoms with van der Waals surface area (Å²) in [6.07, 6.45) is 5.06. The summed E-state index contributed by atoms with van der Waals surface area (Å²) >= 11 is 7.57. The van der Waals surface area contributed by atoms with Gasteiger partial charge in [-0.05, 0) is 25.3 Å². The van der Waals surface area contributed by atoms with Crippen molar-refractivity contribution in [2.24, 2.45) is 0 Å². The Hall–Kier alpha value is -1.43. The number of nitrogens with zero attached hydrogens (tertiary/aromatic N) is 1. The van der Waals surface area contributed by atoms with Gasteiger partial charge in [-0.3, -0.25) is 4.79 Å². The van der Waals surface area contributed by atoms with Gasteiger partial charge in [0.25, 0.3) is 5.91 Å². The Morgan fingerprint density at radius 3 is 2.95 bits per heavy atom. The molecule has 6 heteroatoms. The number of carbonyl (C=O) groups excluding carboxylic acids is 1. The topological polar surface area (TPSA) is 54.0 Å². The van der Waals surface area contributed by atoms with Gasteiger partial charge in [0, 0.05) is 23.7 Å². The van der Waals surface area contributed by atoms with E-state index in [0.717, 1.165) is 23.4 Å². The standard InChI is InChI=1S/C16H16ClN3OS/c17-11-4-2-1-3-10(11)16-18-8-14(22-16)15(21)20-13-7-9-5-6-12(13)19-9/h1-4,8-9,12-13,19H,5-7H2,(H,20,21)/t9-,12+,13-/m1/s1. The van der Waals surface area contributed by atoms with Crippen LogP contribution in [0.25, 0.3) is 10.6 Å². The van der Waals surface area contributed by atoms with E-state index in [2.05, 4.69) is 15.6 Å². The molecule has 4 rings (SSSR count). The van der Waals surface area contributed by atoms with Gasteiger partial charge in [-0.25, -0.2) is 4.98 Å². The molecule has 2 saturated heterocycles. The van der Waals surface area contributed by atoms with E-state index < -0.39 is 0 Å². The van der Waals surface area contributed by atoms with Crippen LogP contribution in [0, 0.1) is 0 Å². The van der Waals surface area contributed by atoms with Crippen molar-refractivity contribution in [1.29, 1.82) is 0 Å². The molecule has 1 aromatic heterocycles. The third-order valence-corrected chi connectivity index (χ3v) is 5.81. The molecule has 0 aliphatic carbocycles. The molecule has 1 aromatic carbocycles. The average Bonchev–Trinajstić information content (AvgIpc) is 3.24. The molecule has 2 bridgehead atoms. The molecule has 0 unspecified atom stereocenters. The fourth-order valence-corrected chi connectivity index (χ4v) is 4.50. The van der Waals surface area contributed by atoms with Crippen molar-refractivity contribution in [2.75, 3.05) is 0 Å². The van der Waals surface area contributed by atoms with Crippen molar-refractivity contribution < 1.29 is 4.79 Å². The van der Waals surface area contributed by atoms with Crippen LogP contribution in [0.3, 0.4) is 0 Å². The smallest absolute Gasteiger partial charge is 0.263 e. The predicted octanol–water partition coefficient (Wildman–Crippen LogP) is 3.09. The summed E-state index contributed by atoms with van der Waals surface area (Å²) in [5.41, 5.74) is 0.870. The molecule has 4 nitrogen and oxygen atoms in total. The summed E-state index contributed by atoms with van der Waals surface area (Å²) in [7, 11) is 0. The Morgan fingerprint density at radius 1 is 1.36 bits per heavy atom. The molecular formula is C16H16ClN3OS. The zero-order valence-electron chi connectivity index (χ0n) is 11.9. The number of hydrogen-bond donors (Lipinski definition) is 2. The zero-order chi connectivity index (χ0) is 15.1. The van der Waals surface area contributed by atoms with Crippen LogP contribution in [-0.2, 0) is 0 Å². The molecule has 0 spiro atoms. The van der Waals surface area contributed by atoms with Crippen LogP contribution < -0.4 is 10.6 Å². The number of rotatable bonds is 3. The minimum atomic E-state index is -0.0323. The third kappa shape index (κ3) is 2.53. The summed E-state index contributed by atoms with van der Waals surface area (Å²) in [5.74, 6) is -0.0323. The summed E-state index contributed by atoms with van der Waals surface area (Å²) in [6, 6.07) is 8.82. The maximum atomic E-state index is 12.4. The maximum Gasteiger partial charge on any atom is 0.263 e. The lowest BCUT2D eigenvalue weighted by Gasteiger charge is -2.20. The normalized spacial score (nSPS) is 26.3. The maximum absolute atomic E-state index is 12.4. The van der Waals surface area contributed by atoms with Crippen LogP contribution in [0.1, 0.15) is 28.9 Å². The molecule has 1 amide bonds. The predicted molar refractivity (Wildman–Crippen MR) is 88.4 cm³/mol. The molecule has 2 N–H and O–H groups in total. The van der Waals surface area contributed by atoms with E-state index in [1.807, 2.05) is 24.3 Å². The van der Waals surface area contributed by atoms with E-state index in [9.17, 15) is 4.79 Å². The second kappa shape index (κ2) is 5.65. The van der Waals surface area contributed by atoms with E-state index in [1.54, 1.807) is 6.20 Å². The van der Waals surface area contributed by atoms with E-state index >= 15 is 0 Å². The number of hydrogen-bond acceptors (Lipinski definition) is 4. The van der Waals surface area contributed by atoms with Gasteiger partial charge in [-0.2, -0.15) is 0 Å². The number of thiazole rings is 1. The number of nitrogens with one attached hydrogen (secondary N) is 2. The van der Waals surface area contributed by atoms with Gasteiger partial charge in [0.1, 0.15) is 9.88 Å². The Balaban J connectivity index is 1.49. The minimum absolute atomic E-state index is 0.0323. The van der Waals surface area contributed by atoms with Gasteiger partial charge in [0.15, 0.2) is 0 Å². The summed E-state index contributed by atoms with van der Waals surface area (Å²) in [5, 5.41) is 8.10. The highest BCUT2D eigenvalue weighted by Crippen LogP contribution is 2.32. The highest BCUT2D eigenvalue weighted by atomic mass is 35.5. The molecule has 0 saturated carbocycles. The second-order valence-electron chi connectivity index (χ2n) is 5.87.